The number of benzene rings is 1. The number of hydrogen-bond donors (Lipinski definition) is 0. The van der Waals surface area contributed by atoms with E-state index in [9.17, 15) is 4.79 Å². The lowest BCUT2D eigenvalue weighted by molar-refractivity contribution is 0.103. The van der Waals surface area contributed by atoms with Crippen molar-refractivity contribution >= 4 is 44.7 Å². The van der Waals surface area contributed by atoms with Gasteiger partial charge in [0.1, 0.15) is 0 Å². The number of halogens is 2. The first-order valence-electron chi connectivity index (χ1n) is 5.06. The highest BCUT2D eigenvalue weighted by Gasteiger charge is 2.16. The Labute approximate surface area is 118 Å². The van der Waals surface area contributed by atoms with Crippen LogP contribution >= 0.6 is 38.9 Å². The van der Waals surface area contributed by atoms with Crippen LogP contribution in [0.25, 0.3) is 0 Å². The molecule has 0 saturated heterocycles. The van der Waals surface area contributed by atoms with Gasteiger partial charge in [-0.05, 0) is 38.1 Å². The summed E-state index contributed by atoms with van der Waals surface area (Å²) < 4.78 is 0.872. The van der Waals surface area contributed by atoms with Crippen LogP contribution in [0.1, 0.15) is 25.7 Å². The molecule has 0 spiro atoms. The lowest BCUT2D eigenvalue weighted by atomic mass is 10.0. The minimum atomic E-state index is -0.00986. The van der Waals surface area contributed by atoms with Crippen LogP contribution in [0.3, 0.4) is 0 Å². The molecule has 0 aliphatic heterocycles. The predicted molar refractivity (Wildman–Crippen MR) is 76.4 cm³/mol. The molecule has 1 aromatic heterocycles. The average Bonchev–Trinajstić information content (AvgIpc) is 2.57. The van der Waals surface area contributed by atoms with Crippen molar-refractivity contribution in [3.05, 3.63) is 54.6 Å². The minimum absolute atomic E-state index is 0.00986. The molecule has 0 saturated carbocycles. The Morgan fingerprint density at radius 3 is 2.47 bits per heavy atom. The normalized spacial score (nSPS) is 10.6. The van der Waals surface area contributed by atoms with Gasteiger partial charge in [-0.2, -0.15) is 0 Å². The van der Waals surface area contributed by atoms with Gasteiger partial charge in [-0.15, -0.1) is 11.3 Å². The summed E-state index contributed by atoms with van der Waals surface area (Å²) in [4.78, 5) is 14.5. The number of thiophene rings is 1. The largest absolute Gasteiger partial charge is 0.289 e. The SMILES string of the molecule is Cc1cc(C(=O)c2ccc(Br)cc2Cl)c(C)s1. The third-order valence-corrected chi connectivity index (χ3v) is 4.23. The molecule has 0 atom stereocenters. The van der Waals surface area contributed by atoms with Gasteiger partial charge < -0.3 is 0 Å². The van der Waals surface area contributed by atoms with E-state index in [0.29, 0.717) is 10.6 Å². The Morgan fingerprint density at radius 1 is 1.24 bits per heavy atom. The fraction of sp³-hybridized carbons (Fsp3) is 0.154. The zero-order valence-electron chi connectivity index (χ0n) is 9.38. The molecule has 0 bridgehead atoms. The van der Waals surface area contributed by atoms with Gasteiger partial charge in [0.05, 0.1) is 5.02 Å². The Bertz CT molecular complexity index is 589. The summed E-state index contributed by atoms with van der Waals surface area (Å²) in [6.07, 6.45) is 0. The van der Waals surface area contributed by atoms with E-state index >= 15 is 0 Å². The molecule has 0 N–H and O–H groups in total. The maximum atomic E-state index is 12.3. The Kier molecular flexibility index (Phi) is 3.71. The van der Waals surface area contributed by atoms with Crippen LogP contribution in [0.15, 0.2) is 28.7 Å². The first-order valence-corrected chi connectivity index (χ1v) is 7.04. The van der Waals surface area contributed by atoms with Gasteiger partial charge in [0.25, 0.3) is 0 Å². The molecule has 0 fully saturated rings. The summed E-state index contributed by atoms with van der Waals surface area (Å²) >= 11 is 11.0. The van der Waals surface area contributed by atoms with Crippen molar-refractivity contribution in [1.29, 1.82) is 0 Å². The highest BCUT2D eigenvalue weighted by atomic mass is 79.9. The molecule has 4 heteroatoms. The monoisotopic (exact) mass is 328 g/mol. The predicted octanol–water partition coefficient (Wildman–Crippen LogP) is 5.01. The summed E-state index contributed by atoms with van der Waals surface area (Å²) in [6, 6.07) is 7.24. The number of aryl methyl sites for hydroxylation is 2. The van der Waals surface area contributed by atoms with E-state index in [-0.39, 0.29) is 5.78 Å². The van der Waals surface area contributed by atoms with Crippen molar-refractivity contribution in [2.75, 3.05) is 0 Å². The number of ketones is 1. The van der Waals surface area contributed by atoms with Gasteiger partial charge >= 0.3 is 0 Å². The van der Waals surface area contributed by atoms with Gasteiger partial charge in [-0.3, -0.25) is 4.79 Å². The second kappa shape index (κ2) is 4.92. The van der Waals surface area contributed by atoms with Crippen LogP contribution in [0.5, 0.6) is 0 Å². The lowest BCUT2D eigenvalue weighted by Gasteiger charge is -2.03. The highest BCUT2D eigenvalue weighted by Crippen LogP contribution is 2.27. The molecule has 2 rings (SSSR count). The Morgan fingerprint density at radius 2 is 1.94 bits per heavy atom. The first-order chi connectivity index (χ1) is 7.99. The molecule has 0 unspecified atom stereocenters. The van der Waals surface area contributed by atoms with Gasteiger partial charge in [0, 0.05) is 25.4 Å². The topological polar surface area (TPSA) is 17.1 Å². The molecule has 0 aliphatic carbocycles. The van der Waals surface area contributed by atoms with Gasteiger partial charge in [-0.1, -0.05) is 27.5 Å². The van der Waals surface area contributed by atoms with E-state index < -0.39 is 0 Å². The molecule has 1 aromatic carbocycles. The number of hydrogen-bond acceptors (Lipinski definition) is 2. The van der Waals surface area contributed by atoms with E-state index in [1.165, 1.54) is 0 Å². The second-order valence-corrected chi connectivity index (χ2v) is 6.56. The molecule has 1 nitrogen and oxygen atoms in total. The summed E-state index contributed by atoms with van der Waals surface area (Å²) in [5.74, 6) is -0.00986. The van der Waals surface area contributed by atoms with E-state index in [1.807, 2.05) is 26.0 Å². The fourth-order valence-corrected chi connectivity index (χ4v) is 3.36. The molecular formula is C13H10BrClOS. The van der Waals surface area contributed by atoms with Crippen molar-refractivity contribution in [2.24, 2.45) is 0 Å². The maximum Gasteiger partial charge on any atom is 0.195 e. The van der Waals surface area contributed by atoms with Gasteiger partial charge in [0.2, 0.25) is 0 Å². The zero-order chi connectivity index (χ0) is 12.6. The van der Waals surface area contributed by atoms with E-state index in [4.69, 9.17) is 11.6 Å². The van der Waals surface area contributed by atoms with Crippen LogP contribution in [0.4, 0.5) is 0 Å². The molecule has 1 heterocycles. The van der Waals surface area contributed by atoms with Gasteiger partial charge in [-0.25, -0.2) is 0 Å². The van der Waals surface area contributed by atoms with E-state index in [2.05, 4.69) is 15.9 Å². The first kappa shape index (κ1) is 12.8. The maximum absolute atomic E-state index is 12.3. The Balaban J connectivity index is 2.47. The Hall–Kier alpha value is -0.640. The van der Waals surface area contributed by atoms with Crippen molar-refractivity contribution < 1.29 is 4.79 Å². The number of rotatable bonds is 2. The second-order valence-electron chi connectivity index (χ2n) is 3.78. The van der Waals surface area contributed by atoms with Crippen LogP contribution < -0.4 is 0 Å². The van der Waals surface area contributed by atoms with Crippen LogP contribution in [-0.4, -0.2) is 5.78 Å². The molecule has 17 heavy (non-hydrogen) atoms. The molecule has 0 amide bonds. The minimum Gasteiger partial charge on any atom is -0.289 e. The van der Waals surface area contributed by atoms with Gasteiger partial charge in [0.15, 0.2) is 5.78 Å². The zero-order valence-corrected chi connectivity index (χ0v) is 12.5. The molecule has 0 aliphatic rings. The third kappa shape index (κ3) is 2.62. The molecule has 0 radical (unpaired) electrons. The quantitative estimate of drug-likeness (QED) is 0.708. The summed E-state index contributed by atoms with van der Waals surface area (Å²) in [6.45, 7) is 3.95. The number of carbonyl (C=O) groups is 1. The summed E-state index contributed by atoms with van der Waals surface area (Å²) in [7, 11) is 0. The average molecular weight is 330 g/mol. The summed E-state index contributed by atoms with van der Waals surface area (Å²) in [5.41, 5.74) is 1.30. The number of carbonyl (C=O) groups excluding carboxylic acids is 1. The standard InChI is InChI=1S/C13H10BrClOS/c1-7-5-11(8(2)17-7)13(16)10-4-3-9(14)6-12(10)15/h3-6H,1-2H3. The van der Waals surface area contributed by atoms with Crippen LogP contribution in [-0.2, 0) is 0 Å². The van der Waals surface area contributed by atoms with Crippen molar-refractivity contribution in [1.82, 2.24) is 0 Å². The third-order valence-electron chi connectivity index (χ3n) is 2.46. The fourth-order valence-electron chi connectivity index (χ4n) is 1.67. The van der Waals surface area contributed by atoms with Crippen LogP contribution in [0, 0.1) is 13.8 Å². The lowest BCUT2D eigenvalue weighted by Crippen LogP contribution is -2.02. The summed E-state index contributed by atoms with van der Waals surface area (Å²) in [5, 5.41) is 0.479. The van der Waals surface area contributed by atoms with Crippen molar-refractivity contribution in [2.45, 2.75) is 13.8 Å². The molecule has 2 aromatic rings. The van der Waals surface area contributed by atoms with Crippen LogP contribution in [0.2, 0.25) is 5.02 Å². The molecular weight excluding hydrogens is 320 g/mol. The molecule has 88 valence electrons. The highest BCUT2D eigenvalue weighted by molar-refractivity contribution is 9.10. The van der Waals surface area contributed by atoms with Crippen molar-refractivity contribution in [3.63, 3.8) is 0 Å². The smallest absolute Gasteiger partial charge is 0.195 e. The van der Waals surface area contributed by atoms with Crippen molar-refractivity contribution in [3.8, 4) is 0 Å². The van der Waals surface area contributed by atoms with E-state index in [1.54, 1.807) is 23.5 Å². The van der Waals surface area contributed by atoms with E-state index in [0.717, 1.165) is 19.8 Å².